The summed E-state index contributed by atoms with van der Waals surface area (Å²) in [6, 6.07) is 40.0. The molecule has 3 aromatic carbocycles. The first-order valence-corrected chi connectivity index (χ1v) is 23.5. The molecule has 0 spiro atoms. The molecule has 0 amide bonds. The second kappa shape index (κ2) is 20.0. The molecule has 0 aliphatic carbocycles. The van der Waals surface area contributed by atoms with Crippen LogP contribution in [0.1, 0.15) is 17.1 Å². The van der Waals surface area contributed by atoms with Crippen LogP contribution in [0, 0.1) is 41.7 Å². The Kier molecular flexibility index (Phi) is 15.3. The minimum absolute atomic E-state index is 0. The fraction of sp³-hybridized carbons (Fsp3) is 0.214. The summed E-state index contributed by atoms with van der Waals surface area (Å²) in [5, 5.41) is 0.606. The molecule has 3 atom stereocenters. The van der Waals surface area contributed by atoms with Crippen LogP contribution < -0.4 is 46.9 Å². The molecule has 0 N–H and O–H groups in total. The van der Waals surface area contributed by atoms with Gasteiger partial charge in [0.15, 0.2) is 0 Å². The Morgan fingerprint density at radius 3 is 0.862 bits per heavy atom. The van der Waals surface area contributed by atoms with Gasteiger partial charge in [0.25, 0.3) is 0 Å². The first-order chi connectivity index (χ1) is 27.5. The van der Waals surface area contributed by atoms with Crippen molar-refractivity contribution in [1.29, 1.82) is 0 Å². The molecule has 295 valence electrons. The van der Waals surface area contributed by atoms with Gasteiger partial charge in [0, 0.05) is 74.8 Å². The maximum Gasteiger partial charge on any atom is 3.00 e. The van der Waals surface area contributed by atoms with Crippen molar-refractivity contribution in [2.45, 2.75) is 19.6 Å². The summed E-state index contributed by atoms with van der Waals surface area (Å²) in [6.45, 7) is 4.84. The summed E-state index contributed by atoms with van der Waals surface area (Å²) in [4.78, 5) is 60.8. The Balaban J connectivity index is 0.00000567. The maximum atomic E-state index is 13.4. The summed E-state index contributed by atoms with van der Waals surface area (Å²) in [6.07, 6.45) is 0. The van der Waals surface area contributed by atoms with Crippen molar-refractivity contribution in [3.05, 3.63) is 163 Å². The molecule has 12 nitrogen and oxygen atoms in total. The van der Waals surface area contributed by atoms with E-state index in [4.69, 9.17) is 0 Å². The van der Waals surface area contributed by atoms with Crippen LogP contribution in [0.5, 0.6) is 0 Å². The predicted molar refractivity (Wildman–Crippen MR) is 218 cm³/mol. The topological polar surface area (TPSA) is 169 Å². The SMILES string of the molecule is O=P([O-])(c1ccccc1)c1cccc(CN2CCN(Cc3cccc(P(=O)([O-])c4ccccc4)n3)CCN(Cc3cccc(P(=O)([O-])c4ccccc4)n3)CC2)n1.[Ce+3]. The smallest absolute Gasteiger partial charge is 0.792 e. The van der Waals surface area contributed by atoms with Gasteiger partial charge in [-0.15, -0.1) is 0 Å². The summed E-state index contributed by atoms with van der Waals surface area (Å²) in [5.41, 5.74) is 1.85. The molecule has 3 aromatic heterocycles. The average molecular weight is 960 g/mol. The van der Waals surface area contributed by atoms with Gasteiger partial charge < -0.3 is 28.4 Å². The van der Waals surface area contributed by atoms with E-state index in [1.54, 1.807) is 109 Å². The number of pyridine rings is 3. The molecule has 0 saturated carbocycles. The van der Waals surface area contributed by atoms with E-state index in [1.165, 1.54) is 18.2 Å². The van der Waals surface area contributed by atoms with E-state index in [1.807, 2.05) is 18.2 Å². The van der Waals surface area contributed by atoms with E-state index in [2.05, 4.69) is 29.7 Å². The van der Waals surface area contributed by atoms with Crippen LogP contribution >= 0.6 is 22.1 Å². The summed E-state index contributed by atoms with van der Waals surface area (Å²) >= 11 is 0. The fourth-order valence-corrected chi connectivity index (χ4v) is 10.9. The Morgan fingerprint density at radius 2 is 0.621 bits per heavy atom. The van der Waals surface area contributed by atoms with Crippen LogP contribution in [0.3, 0.4) is 0 Å². The van der Waals surface area contributed by atoms with Crippen molar-refractivity contribution in [3.8, 4) is 0 Å². The normalized spacial score (nSPS) is 17.6. The molecule has 7 rings (SSSR count). The number of nitrogens with zero attached hydrogens (tertiary/aromatic N) is 6. The average Bonchev–Trinajstić information content (AvgIpc) is 3.33. The molecule has 3 unspecified atom stereocenters. The second-order valence-corrected chi connectivity index (χ2v) is 20.2. The van der Waals surface area contributed by atoms with Gasteiger partial charge in [0.05, 0.1) is 55.5 Å². The van der Waals surface area contributed by atoms with Gasteiger partial charge in [0.1, 0.15) is 0 Å². The minimum atomic E-state index is -4.16. The Morgan fingerprint density at radius 1 is 0.379 bits per heavy atom. The van der Waals surface area contributed by atoms with Gasteiger partial charge in [0.2, 0.25) is 0 Å². The zero-order valence-electron chi connectivity index (χ0n) is 31.7. The summed E-state index contributed by atoms with van der Waals surface area (Å²) in [7, 11) is -12.5. The molecule has 16 heteroatoms. The van der Waals surface area contributed by atoms with Gasteiger partial charge in [-0.3, -0.25) is 14.7 Å². The van der Waals surface area contributed by atoms with Crippen LogP contribution in [0.25, 0.3) is 0 Å². The summed E-state index contributed by atoms with van der Waals surface area (Å²) in [5.74, 6) is 0. The van der Waals surface area contributed by atoms with Crippen molar-refractivity contribution in [1.82, 2.24) is 29.7 Å². The van der Waals surface area contributed by atoms with Crippen molar-refractivity contribution in [3.63, 3.8) is 0 Å². The van der Waals surface area contributed by atoms with Crippen LogP contribution in [0.2, 0.25) is 0 Å². The van der Waals surface area contributed by atoms with E-state index in [0.29, 0.717) is 76.0 Å². The number of hydrogen-bond acceptors (Lipinski definition) is 12. The molecular weight excluding hydrogens is 918 g/mol. The van der Waals surface area contributed by atoms with E-state index >= 15 is 0 Å². The molecule has 4 heterocycles. The van der Waals surface area contributed by atoms with Crippen molar-refractivity contribution in [2.24, 2.45) is 0 Å². The van der Waals surface area contributed by atoms with E-state index in [-0.39, 0.29) is 74.0 Å². The number of rotatable bonds is 12. The fourth-order valence-electron chi connectivity index (χ4n) is 6.77. The Bertz CT molecular complexity index is 2150. The molecule has 1 radical (unpaired) electrons. The molecule has 1 aliphatic rings. The molecule has 58 heavy (non-hydrogen) atoms. The summed E-state index contributed by atoms with van der Waals surface area (Å²) < 4.78 is 40.3. The van der Waals surface area contributed by atoms with Crippen LogP contribution in [0.15, 0.2) is 146 Å². The van der Waals surface area contributed by atoms with Crippen LogP contribution in [0.4, 0.5) is 0 Å². The molecular formula is C42H42CeN6O6P3. The standard InChI is InChI=1S/C42H45N6O6P3.Ce/c49-55(50,37-16-4-1-5-17-37)40-22-10-13-34(43-40)31-46-25-27-47(32-35-14-11-23-41(44-35)56(51,52)38-18-6-2-7-19-38)29-30-48(28-26-46)33-36-15-12-24-42(45-36)57(53,54)39-20-8-3-9-21-39;/h1-24H,25-33H2,(H,49,50)(H,51,52)(H,53,54);/q;+3/p-3. The van der Waals surface area contributed by atoms with Gasteiger partial charge >= 0.3 is 41.7 Å². The van der Waals surface area contributed by atoms with Gasteiger partial charge in [-0.25, -0.2) is 15.0 Å². The second-order valence-electron chi connectivity index (χ2n) is 14.0. The quantitative estimate of drug-likeness (QED) is 0.162. The van der Waals surface area contributed by atoms with Crippen LogP contribution in [-0.2, 0) is 33.3 Å². The Labute approximate surface area is 372 Å². The number of hydrogen-bond donors (Lipinski definition) is 0. The molecule has 1 fully saturated rings. The maximum absolute atomic E-state index is 13.4. The van der Waals surface area contributed by atoms with Gasteiger partial charge in [-0.1, -0.05) is 109 Å². The molecule has 1 saturated heterocycles. The van der Waals surface area contributed by atoms with Gasteiger partial charge in [-0.2, -0.15) is 0 Å². The monoisotopic (exact) mass is 959 g/mol. The molecule has 0 bridgehead atoms. The van der Waals surface area contributed by atoms with Gasteiger partial charge in [-0.05, 0) is 36.4 Å². The van der Waals surface area contributed by atoms with Crippen LogP contribution in [-0.4, -0.2) is 68.9 Å². The molecule has 1 aliphatic heterocycles. The Hall–Kier alpha value is -3.06. The van der Waals surface area contributed by atoms with E-state index in [9.17, 15) is 28.4 Å². The number of aromatic nitrogens is 3. The third-order valence-electron chi connectivity index (χ3n) is 9.92. The van der Waals surface area contributed by atoms with Crippen molar-refractivity contribution < 1.29 is 70.1 Å². The van der Waals surface area contributed by atoms with Crippen molar-refractivity contribution in [2.75, 3.05) is 39.3 Å². The minimum Gasteiger partial charge on any atom is -0.792 e. The van der Waals surface area contributed by atoms with E-state index < -0.39 is 22.1 Å². The zero-order valence-corrected chi connectivity index (χ0v) is 37.5. The molecule has 6 aromatic rings. The third kappa shape index (κ3) is 11.0. The number of benzene rings is 3. The first-order valence-electron chi connectivity index (χ1n) is 18.6. The van der Waals surface area contributed by atoms with Crippen molar-refractivity contribution >= 4 is 54.3 Å². The largest absolute Gasteiger partial charge is 3.00 e. The first kappa shape index (κ1) is 44.5. The third-order valence-corrected chi connectivity index (χ3v) is 15.4. The zero-order chi connectivity index (χ0) is 39.9. The predicted octanol–water partition coefficient (Wildman–Crippen LogP) is 1.46. The van der Waals surface area contributed by atoms with E-state index in [0.717, 1.165) is 0 Å².